The van der Waals surface area contributed by atoms with Crippen molar-refractivity contribution in [2.24, 2.45) is 17.3 Å². The fraction of sp³-hybridized carbons (Fsp3) is 0.842. The predicted octanol–water partition coefficient (Wildman–Crippen LogP) is 2.14. The van der Waals surface area contributed by atoms with E-state index in [4.69, 9.17) is 16.3 Å². The highest BCUT2D eigenvalue weighted by Crippen LogP contribution is 2.64. The molecule has 7 heteroatoms. The summed E-state index contributed by atoms with van der Waals surface area (Å²) < 4.78 is 5.35. The maximum Gasteiger partial charge on any atom is 0.312 e. The Morgan fingerprint density at radius 2 is 1.85 bits per heavy atom. The van der Waals surface area contributed by atoms with Gasteiger partial charge in [0, 0.05) is 11.4 Å². The van der Waals surface area contributed by atoms with Crippen molar-refractivity contribution in [2.45, 2.75) is 69.7 Å². The van der Waals surface area contributed by atoms with Gasteiger partial charge in [-0.3, -0.25) is 14.4 Å². The molecule has 0 aromatic heterocycles. The van der Waals surface area contributed by atoms with Gasteiger partial charge in [-0.05, 0) is 63.7 Å². The molecule has 0 aromatic rings. The largest absolute Gasteiger partial charge is 0.455 e. The van der Waals surface area contributed by atoms with Gasteiger partial charge in [0.05, 0.1) is 5.41 Å². The number of halogens is 1. The van der Waals surface area contributed by atoms with E-state index in [0.717, 1.165) is 38.5 Å². The maximum absolute atomic E-state index is 12.8. The van der Waals surface area contributed by atoms with Gasteiger partial charge >= 0.3 is 5.97 Å². The zero-order valence-corrected chi connectivity index (χ0v) is 16.4. The lowest BCUT2D eigenvalue weighted by atomic mass is 9.49. The fourth-order valence-electron chi connectivity index (χ4n) is 5.42. The van der Waals surface area contributed by atoms with Crippen LogP contribution in [0.4, 0.5) is 0 Å². The zero-order chi connectivity index (χ0) is 18.9. The second kappa shape index (κ2) is 7.37. The van der Waals surface area contributed by atoms with E-state index < -0.39 is 17.4 Å². The molecule has 4 rings (SSSR count). The van der Waals surface area contributed by atoms with E-state index in [9.17, 15) is 14.4 Å². The summed E-state index contributed by atoms with van der Waals surface area (Å²) in [6.07, 6.45) is 6.29. The molecule has 0 radical (unpaired) electrons. The van der Waals surface area contributed by atoms with E-state index in [0.29, 0.717) is 24.8 Å². The van der Waals surface area contributed by atoms with Gasteiger partial charge in [-0.1, -0.05) is 6.92 Å². The average Bonchev–Trinajstić information content (AvgIpc) is 2.55. The van der Waals surface area contributed by atoms with Gasteiger partial charge in [0.15, 0.2) is 6.61 Å². The predicted molar refractivity (Wildman–Crippen MR) is 97.6 cm³/mol. The molecule has 0 heterocycles. The third kappa shape index (κ3) is 4.00. The first-order valence-electron chi connectivity index (χ1n) is 9.68. The number of nitrogens with one attached hydrogen (secondary N) is 2. The first-order valence-corrected chi connectivity index (χ1v) is 10.1. The van der Waals surface area contributed by atoms with Crippen LogP contribution in [0.25, 0.3) is 0 Å². The average molecular weight is 385 g/mol. The van der Waals surface area contributed by atoms with Gasteiger partial charge in [-0.25, -0.2) is 0 Å². The molecule has 0 saturated heterocycles. The van der Waals surface area contributed by atoms with Gasteiger partial charge < -0.3 is 15.4 Å². The number of rotatable bonds is 7. The smallest absolute Gasteiger partial charge is 0.312 e. The molecule has 2 N–H and O–H groups in total. The van der Waals surface area contributed by atoms with Gasteiger partial charge in [-0.2, -0.15) is 0 Å². The molecular formula is C19H29ClN2O4. The van der Waals surface area contributed by atoms with Crippen LogP contribution in [0.3, 0.4) is 0 Å². The van der Waals surface area contributed by atoms with Crippen LogP contribution in [0.2, 0.25) is 0 Å². The van der Waals surface area contributed by atoms with Crippen molar-refractivity contribution in [1.29, 1.82) is 0 Å². The van der Waals surface area contributed by atoms with Crippen molar-refractivity contribution in [3.05, 3.63) is 0 Å². The molecule has 4 aliphatic rings. The van der Waals surface area contributed by atoms with Gasteiger partial charge in [0.25, 0.3) is 5.91 Å². The van der Waals surface area contributed by atoms with Crippen LogP contribution in [-0.2, 0) is 19.1 Å². The number of alkyl halides is 1. The summed E-state index contributed by atoms with van der Waals surface area (Å²) in [7, 11) is 0. The third-order valence-corrected chi connectivity index (χ3v) is 6.52. The van der Waals surface area contributed by atoms with Crippen molar-refractivity contribution in [3.8, 4) is 0 Å². The van der Waals surface area contributed by atoms with Crippen LogP contribution < -0.4 is 10.6 Å². The van der Waals surface area contributed by atoms with E-state index in [1.165, 1.54) is 0 Å². The minimum Gasteiger partial charge on any atom is -0.455 e. The molecule has 0 aromatic carbocycles. The van der Waals surface area contributed by atoms with Gasteiger partial charge in [0.2, 0.25) is 5.91 Å². The Bertz CT molecular complexity index is 580. The summed E-state index contributed by atoms with van der Waals surface area (Å²) in [5.74, 6) is 0.00388. The summed E-state index contributed by atoms with van der Waals surface area (Å²) in [6, 6.07) is -0.654. The Morgan fingerprint density at radius 1 is 1.19 bits per heavy atom. The first-order chi connectivity index (χ1) is 12.3. The van der Waals surface area contributed by atoms with Crippen LogP contribution in [0.1, 0.15) is 58.8 Å². The SMILES string of the molecule is CCCNC(=O)[C@@H](C)NC(=O)COC(=O)C12C[C@@H]3C[C@H](CC(Cl)(C3)C1)C2. The highest BCUT2D eigenvalue weighted by molar-refractivity contribution is 6.24. The second-order valence-corrected chi connectivity index (χ2v) is 9.35. The molecule has 0 unspecified atom stereocenters. The standard InChI is InChI=1S/C19H29ClN2O4/c1-3-4-21-16(24)12(2)22-15(23)10-26-17(25)18-6-13-5-14(7-18)9-19(20,8-13)11-18/h12-14H,3-11H2,1-2H3,(H,21,24)(H,22,23)/t12-,13+,14+,18?,19?/m1/s1. The summed E-state index contributed by atoms with van der Waals surface area (Å²) >= 11 is 6.74. The number of carbonyl (C=O) groups is 3. The highest BCUT2D eigenvalue weighted by Gasteiger charge is 2.60. The molecule has 26 heavy (non-hydrogen) atoms. The number of amides is 2. The normalized spacial score (nSPS) is 35.7. The minimum atomic E-state index is -0.654. The monoisotopic (exact) mass is 384 g/mol. The number of esters is 1. The number of hydrogen-bond acceptors (Lipinski definition) is 4. The van der Waals surface area contributed by atoms with Crippen molar-refractivity contribution < 1.29 is 19.1 Å². The van der Waals surface area contributed by atoms with Crippen LogP contribution in [0, 0.1) is 17.3 Å². The van der Waals surface area contributed by atoms with Gasteiger partial charge in [0.1, 0.15) is 6.04 Å². The number of ether oxygens (including phenoxy) is 1. The highest BCUT2D eigenvalue weighted by atomic mass is 35.5. The Kier molecular flexibility index (Phi) is 5.52. The van der Waals surface area contributed by atoms with Crippen LogP contribution in [-0.4, -0.2) is 41.9 Å². The Hall–Kier alpha value is -1.30. The lowest BCUT2D eigenvalue weighted by Gasteiger charge is -2.58. The molecule has 6 nitrogen and oxygen atoms in total. The van der Waals surface area contributed by atoms with E-state index in [-0.39, 0.29) is 23.4 Å². The van der Waals surface area contributed by atoms with E-state index >= 15 is 0 Å². The topological polar surface area (TPSA) is 84.5 Å². The Morgan fingerprint density at radius 3 is 2.42 bits per heavy atom. The minimum absolute atomic E-state index is 0.239. The summed E-state index contributed by atoms with van der Waals surface area (Å²) in [5.41, 5.74) is -0.518. The lowest BCUT2D eigenvalue weighted by molar-refractivity contribution is -0.171. The molecule has 4 bridgehead atoms. The molecule has 0 spiro atoms. The van der Waals surface area contributed by atoms with Crippen LogP contribution in [0.5, 0.6) is 0 Å². The second-order valence-electron chi connectivity index (χ2n) is 8.55. The van der Waals surface area contributed by atoms with Crippen molar-refractivity contribution in [3.63, 3.8) is 0 Å². The molecule has 3 atom stereocenters. The van der Waals surface area contributed by atoms with E-state index in [2.05, 4.69) is 10.6 Å². The number of carbonyl (C=O) groups excluding carboxylic acids is 3. The molecule has 146 valence electrons. The molecule has 4 saturated carbocycles. The van der Waals surface area contributed by atoms with Crippen LogP contribution >= 0.6 is 11.6 Å². The van der Waals surface area contributed by atoms with E-state index in [1.54, 1.807) is 6.92 Å². The third-order valence-electron chi connectivity index (χ3n) is 6.08. The fourth-order valence-corrected chi connectivity index (χ4v) is 6.12. The molecule has 0 aliphatic heterocycles. The summed E-state index contributed by atoms with van der Waals surface area (Å²) in [6.45, 7) is 3.79. The van der Waals surface area contributed by atoms with E-state index in [1.807, 2.05) is 6.92 Å². The Balaban J connectivity index is 1.50. The molecule has 4 fully saturated rings. The van der Waals surface area contributed by atoms with Crippen molar-refractivity contribution in [1.82, 2.24) is 10.6 Å². The quantitative estimate of drug-likeness (QED) is 0.520. The van der Waals surface area contributed by atoms with Crippen molar-refractivity contribution >= 4 is 29.4 Å². The zero-order valence-electron chi connectivity index (χ0n) is 15.6. The van der Waals surface area contributed by atoms with Crippen LogP contribution in [0.15, 0.2) is 0 Å². The summed E-state index contributed by atoms with van der Waals surface area (Å²) in [4.78, 5) is 36.3. The number of hydrogen-bond donors (Lipinski definition) is 2. The lowest BCUT2D eigenvalue weighted by Crippen LogP contribution is -2.56. The van der Waals surface area contributed by atoms with Crippen molar-refractivity contribution in [2.75, 3.05) is 13.2 Å². The molecular weight excluding hydrogens is 356 g/mol. The first kappa shape index (κ1) is 19.5. The molecule has 2 amide bonds. The van der Waals surface area contributed by atoms with Gasteiger partial charge in [-0.15, -0.1) is 11.6 Å². The summed E-state index contributed by atoms with van der Waals surface area (Å²) in [5, 5.41) is 5.29. The Labute approximate surface area is 159 Å². The maximum atomic E-state index is 12.8. The molecule has 4 aliphatic carbocycles.